The van der Waals surface area contributed by atoms with Crippen LogP contribution in [0.15, 0.2) is 73.3 Å². The number of aromatic nitrogens is 2. The molecule has 1 aromatic heterocycles. The summed E-state index contributed by atoms with van der Waals surface area (Å²) in [5, 5.41) is 3.10. The van der Waals surface area contributed by atoms with Crippen molar-refractivity contribution in [1.29, 1.82) is 0 Å². The van der Waals surface area contributed by atoms with Crippen LogP contribution in [-0.4, -0.2) is 46.7 Å². The topological polar surface area (TPSA) is 53.4 Å². The Morgan fingerprint density at radius 3 is 2.29 bits per heavy atom. The zero-order valence-corrected chi connectivity index (χ0v) is 16.0. The average Bonchev–Trinajstić information content (AvgIpc) is 3.29. The highest BCUT2D eigenvalue weighted by molar-refractivity contribution is 5.75. The first kappa shape index (κ1) is 18.1. The second kappa shape index (κ2) is 8.17. The van der Waals surface area contributed by atoms with Gasteiger partial charge in [0.2, 0.25) is 0 Å². The van der Waals surface area contributed by atoms with Gasteiger partial charge in [-0.25, -0.2) is 9.78 Å². The summed E-state index contributed by atoms with van der Waals surface area (Å²) >= 11 is 0. The molecule has 0 radical (unpaired) electrons. The molecule has 6 nitrogen and oxygen atoms in total. The fourth-order valence-corrected chi connectivity index (χ4v) is 3.52. The number of amides is 2. The monoisotopic (exact) mass is 375 g/mol. The minimum atomic E-state index is 0.00227. The number of carbonyl (C=O) groups excluding carboxylic acids is 1. The van der Waals surface area contributed by atoms with Gasteiger partial charge in [-0.15, -0.1) is 0 Å². The summed E-state index contributed by atoms with van der Waals surface area (Å²) in [4.78, 5) is 20.9. The van der Waals surface area contributed by atoms with Crippen LogP contribution in [0.5, 0.6) is 0 Å². The smallest absolute Gasteiger partial charge is 0.317 e. The standard InChI is InChI=1S/C22H25N5O/c1-18(19-5-3-2-4-6-19)24-22(28)26-15-13-25(14-16-26)20-7-9-21(10-8-20)27-12-11-23-17-27/h2-12,17-18H,13-16H2,1H3,(H,24,28)/t18-/m0/s1. The van der Waals surface area contributed by atoms with E-state index >= 15 is 0 Å². The molecule has 1 aliphatic rings. The van der Waals surface area contributed by atoms with E-state index in [2.05, 4.69) is 39.5 Å². The zero-order chi connectivity index (χ0) is 19.3. The van der Waals surface area contributed by atoms with Crippen LogP contribution in [0.3, 0.4) is 0 Å². The van der Waals surface area contributed by atoms with Crippen LogP contribution < -0.4 is 10.2 Å². The van der Waals surface area contributed by atoms with E-state index < -0.39 is 0 Å². The van der Waals surface area contributed by atoms with Crippen molar-refractivity contribution in [3.63, 3.8) is 0 Å². The Morgan fingerprint density at radius 1 is 0.964 bits per heavy atom. The predicted molar refractivity (Wildman–Crippen MR) is 111 cm³/mol. The van der Waals surface area contributed by atoms with Crippen LogP contribution >= 0.6 is 0 Å². The molecule has 1 N–H and O–H groups in total. The molecule has 1 atom stereocenters. The lowest BCUT2D eigenvalue weighted by Crippen LogP contribution is -2.52. The molecular formula is C22H25N5O. The van der Waals surface area contributed by atoms with Crippen LogP contribution in [0, 0.1) is 0 Å². The Kier molecular flexibility index (Phi) is 5.28. The van der Waals surface area contributed by atoms with Gasteiger partial charge in [-0.05, 0) is 36.8 Å². The fourth-order valence-electron chi connectivity index (χ4n) is 3.52. The third-order valence-electron chi connectivity index (χ3n) is 5.22. The Bertz CT molecular complexity index is 884. The van der Waals surface area contributed by atoms with Crippen LogP contribution in [0.2, 0.25) is 0 Å². The van der Waals surface area contributed by atoms with Crippen molar-refractivity contribution in [3.05, 3.63) is 78.9 Å². The van der Waals surface area contributed by atoms with Crippen molar-refractivity contribution in [2.75, 3.05) is 31.1 Å². The van der Waals surface area contributed by atoms with E-state index in [1.807, 2.05) is 52.9 Å². The number of carbonyl (C=O) groups is 1. The van der Waals surface area contributed by atoms with Crippen molar-refractivity contribution < 1.29 is 4.79 Å². The molecular weight excluding hydrogens is 350 g/mol. The van der Waals surface area contributed by atoms with Crippen molar-refractivity contribution in [3.8, 4) is 5.69 Å². The highest BCUT2D eigenvalue weighted by Crippen LogP contribution is 2.19. The van der Waals surface area contributed by atoms with Gasteiger partial charge in [0, 0.05) is 49.9 Å². The lowest BCUT2D eigenvalue weighted by molar-refractivity contribution is 0.191. The van der Waals surface area contributed by atoms with Crippen LogP contribution in [0.25, 0.3) is 5.69 Å². The van der Waals surface area contributed by atoms with Crippen molar-refractivity contribution in [1.82, 2.24) is 19.8 Å². The van der Waals surface area contributed by atoms with Gasteiger partial charge in [-0.2, -0.15) is 0 Å². The van der Waals surface area contributed by atoms with E-state index in [0.717, 1.165) is 37.4 Å². The first-order valence-corrected chi connectivity index (χ1v) is 9.64. The summed E-state index contributed by atoms with van der Waals surface area (Å²) in [6.45, 7) is 5.12. The number of benzene rings is 2. The minimum absolute atomic E-state index is 0.00227. The van der Waals surface area contributed by atoms with E-state index in [1.54, 1.807) is 12.5 Å². The molecule has 0 spiro atoms. The molecule has 144 valence electrons. The Hall–Kier alpha value is -3.28. The number of urea groups is 1. The molecule has 3 aromatic rings. The van der Waals surface area contributed by atoms with Gasteiger partial charge in [-0.1, -0.05) is 30.3 Å². The largest absolute Gasteiger partial charge is 0.368 e. The molecule has 2 heterocycles. The molecule has 6 heteroatoms. The van der Waals surface area contributed by atoms with Gasteiger partial charge in [-0.3, -0.25) is 0 Å². The second-order valence-electron chi connectivity index (χ2n) is 7.04. The Balaban J connectivity index is 1.31. The zero-order valence-electron chi connectivity index (χ0n) is 16.0. The van der Waals surface area contributed by atoms with Gasteiger partial charge < -0.3 is 19.7 Å². The molecule has 0 unspecified atom stereocenters. The normalized spacial score (nSPS) is 15.3. The van der Waals surface area contributed by atoms with Crippen molar-refractivity contribution in [2.24, 2.45) is 0 Å². The number of nitrogens with zero attached hydrogens (tertiary/aromatic N) is 4. The van der Waals surface area contributed by atoms with Gasteiger partial charge in [0.05, 0.1) is 12.4 Å². The fraction of sp³-hybridized carbons (Fsp3) is 0.273. The third kappa shape index (κ3) is 4.01. The van der Waals surface area contributed by atoms with Crippen molar-refractivity contribution >= 4 is 11.7 Å². The number of anilines is 1. The molecule has 1 saturated heterocycles. The van der Waals surface area contributed by atoms with Crippen LogP contribution in [0.4, 0.5) is 10.5 Å². The van der Waals surface area contributed by atoms with E-state index in [4.69, 9.17) is 0 Å². The lowest BCUT2D eigenvalue weighted by atomic mass is 10.1. The number of imidazole rings is 1. The van der Waals surface area contributed by atoms with Gasteiger partial charge in [0.25, 0.3) is 0 Å². The molecule has 1 fully saturated rings. The maximum Gasteiger partial charge on any atom is 0.317 e. The van der Waals surface area contributed by atoms with Crippen LogP contribution in [0.1, 0.15) is 18.5 Å². The highest BCUT2D eigenvalue weighted by Gasteiger charge is 2.22. The Morgan fingerprint density at radius 2 is 1.64 bits per heavy atom. The Labute approximate surface area is 165 Å². The first-order chi connectivity index (χ1) is 13.7. The molecule has 0 saturated carbocycles. The summed E-state index contributed by atoms with van der Waals surface area (Å²) in [5.74, 6) is 0. The molecule has 1 aliphatic heterocycles. The summed E-state index contributed by atoms with van der Waals surface area (Å²) < 4.78 is 1.99. The maximum absolute atomic E-state index is 12.6. The van der Waals surface area contributed by atoms with E-state index in [9.17, 15) is 4.79 Å². The molecule has 2 aromatic carbocycles. The quantitative estimate of drug-likeness (QED) is 0.760. The minimum Gasteiger partial charge on any atom is -0.368 e. The second-order valence-corrected chi connectivity index (χ2v) is 7.04. The number of hydrogen-bond donors (Lipinski definition) is 1. The number of nitrogens with one attached hydrogen (secondary N) is 1. The van der Waals surface area contributed by atoms with Gasteiger partial charge >= 0.3 is 6.03 Å². The third-order valence-corrected chi connectivity index (χ3v) is 5.22. The highest BCUT2D eigenvalue weighted by atomic mass is 16.2. The maximum atomic E-state index is 12.6. The summed E-state index contributed by atoms with van der Waals surface area (Å²) in [7, 11) is 0. The molecule has 0 aliphatic carbocycles. The van der Waals surface area contributed by atoms with Crippen molar-refractivity contribution in [2.45, 2.75) is 13.0 Å². The molecule has 28 heavy (non-hydrogen) atoms. The summed E-state index contributed by atoms with van der Waals surface area (Å²) in [5.41, 5.74) is 3.39. The molecule has 0 bridgehead atoms. The first-order valence-electron chi connectivity index (χ1n) is 9.64. The summed E-state index contributed by atoms with van der Waals surface area (Å²) in [6.07, 6.45) is 5.50. The van der Waals surface area contributed by atoms with E-state index in [0.29, 0.717) is 0 Å². The molecule has 4 rings (SSSR count). The van der Waals surface area contributed by atoms with Gasteiger partial charge in [0.1, 0.15) is 0 Å². The number of piperazine rings is 1. The van der Waals surface area contributed by atoms with E-state index in [-0.39, 0.29) is 12.1 Å². The average molecular weight is 375 g/mol. The van der Waals surface area contributed by atoms with Gasteiger partial charge in [0.15, 0.2) is 0 Å². The van der Waals surface area contributed by atoms with Crippen LogP contribution in [-0.2, 0) is 0 Å². The molecule has 2 amide bonds. The van der Waals surface area contributed by atoms with E-state index in [1.165, 1.54) is 5.69 Å². The summed E-state index contributed by atoms with van der Waals surface area (Å²) in [6, 6.07) is 18.5. The predicted octanol–water partition coefficient (Wildman–Crippen LogP) is 3.47. The number of hydrogen-bond acceptors (Lipinski definition) is 3. The lowest BCUT2D eigenvalue weighted by Gasteiger charge is -2.36. The number of rotatable bonds is 4. The SMILES string of the molecule is C[C@H](NC(=O)N1CCN(c2ccc(-n3ccnc3)cc2)CC1)c1ccccc1.